The molecule has 0 radical (unpaired) electrons. The van der Waals surface area contributed by atoms with Crippen LogP contribution in [0.5, 0.6) is 0 Å². The molecule has 2 aromatic heterocycles. The largest absolute Gasteiger partial charge is 0.335 e. The number of likely N-dealkylation sites (tertiary alicyclic amines) is 1. The average molecular weight is 275 g/mol. The molecule has 19 heavy (non-hydrogen) atoms. The molecular weight excluding hydrogens is 258 g/mol. The standard InChI is InChI=1S/C14H17N3OS/c18-14(6-10-16-8-3-7-15-16)17-9-1-4-12(17)13-5-2-11-19-13/h2-3,5,7-8,11-12H,1,4,6,9-10H2. The van der Waals surface area contributed by atoms with Gasteiger partial charge in [0.05, 0.1) is 6.04 Å². The van der Waals surface area contributed by atoms with Gasteiger partial charge in [-0.1, -0.05) is 6.07 Å². The summed E-state index contributed by atoms with van der Waals surface area (Å²) in [7, 11) is 0. The Morgan fingerprint density at radius 3 is 3.16 bits per heavy atom. The highest BCUT2D eigenvalue weighted by atomic mass is 32.1. The summed E-state index contributed by atoms with van der Waals surface area (Å²) in [5.41, 5.74) is 0. The summed E-state index contributed by atoms with van der Waals surface area (Å²) in [6.45, 7) is 1.56. The van der Waals surface area contributed by atoms with E-state index in [-0.39, 0.29) is 5.91 Å². The van der Waals surface area contributed by atoms with Gasteiger partial charge in [-0.2, -0.15) is 5.10 Å². The van der Waals surface area contributed by atoms with E-state index < -0.39 is 0 Å². The van der Waals surface area contributed by atoms with Crippen LogP contribution in [0.4, 0.5) is 0 Å². The van der Waals surface area contributed by atoms with Crippen molar-refractivity contribution >= 4 is 17.2 Å². The zero-order valence-corrected chi connectivity index (χ0v) is 11.6. The first kappa shape index (κ1) is 12.4. The number of nitrogens with zero attached hydrogens (tertiary/aromatic N) is 3. The maximum absolute atomic E-state index is 12.3. The normalized spacial score (nSPS) is 18.9. The summed E-state index contributed by atoms with van der Waals surface area (Å²) in [6, 6.07) is 6.37. The molecule has 3 heterocycles. The second-order valence-electron chi connectivity index (χ2n) is 4.78. The van der Waals surface area contributed by atoms with E-state index in [0.29, 0.717) is 19.0 Å². The van der Waals surface area contributed by atoms with Crippen LogP contribution in [-0.2, 0) is 11.3 Å². The molecule has 5 heteroatoms. The van der Waals surface area contributed by atoms with Gasteiger partial charge in [0.15, 0.2) is 0 Å². The van der Waals surface area contributed by atoms with Gasteiger partial charge in [0, 0.05) is 36.8 Å². The third kappa shape index (κ3) is 2.71. The number of carbonyl (C=O) groups excluding carboxylic acids is 1. The van der Waals surface area contributed by atoms with Crippen LogP contribution in [0.15, 0.2) is 36.0 Å². The maximum atomic E-state index is 12.3. The Morgan fingerprint density at radius 2 is 2.42 bits per heavy atom. The Balaban J connectivity index is 1.62. The van der Waals surface area contributed by atoms with Crippen LogP contribution < -0.4 is 0 Å². The summed E-state index contributed by atoms with van der Waals surface area (Å²) in [5.74, 6) is 0.242. The van der Waals surface area contributed by atoms with Crippen molar-refractivity contribution in [3.05, 3.63) is 40.8 Å². The van der Waals surface area contributed by atoms with E-state index in [2.05, 4.69) is 22.6 Å². The molecule has 1 atom stereocenters. The van der Waals surface area contributed by atoms with Crippen molar-refractivity contribution in [1.82, 2.24) is 14.7 Å². The summed E-state index contributed by atoms with van der Waals surface area (Å²) < 4.78 is 1.81. The Kier molecular flexibility index (Phi) is 3.64. The molecule has 1 saturated heterocycles. The number of aromatic nitrogens is 2. The van der Waals surface area contributed by atoms with E-state index in [4.69, 9.17) is 0 Å². The van der Waals surface area contributed by atoms with Crippen LogP contribution in [0.2, 0.25) is 0 Å². The fraction of sp³-hybridized carbons (Fsp3) is 0.429. The van der Waals surface area contributed by atoms with E-state index in [1.165, 1.54) is 4.88 Å². The minimum absolute atomic E-state index is 0.242. The Morgan fingerprint density at radius 1 is 1.47 bits per heavy atom. The Hall–Kier alpha value is -1.62. The third-order valence-electron chi connectivity index (χ3n) is 3.56. The number of aryl methyl sites for hydroxylation is 1. The van der Waals surface area contributed by atoms with Crippen molar-refractivity contribution < 1.29 is 4.79 Å². The number of thiophene rings is 1. The molecule has 1 fully saturated rings. The minimum Gasteiger partial charge on any atom is -0.335 e. The van der Waals surface area contributed by atoms with Crippen molar-refractivity contribution in [2.45, 2.75) is 31.8 Å². The van der Waals surface area contributed by atoms with Crippen LogP contribution in [0.1, 0.15) is 30.2 Å². The minimum atomic E-state index is 0.242. The first-order chi connectivity index (χ1) is 9.34. The summed E-state index contributed by atoms with van der Waals surface area (Å²) in [6.07, 6.45) is 6.37. The smallest absolute Gasteiger partial charge is 0.224 e. The molecule has 0 spiro atoms. The lowest BCUT2D eigenvalue weighted by Gasteiger charge is -2.24. The van der Waals surface area contributed by atoms with Crippen LogP contribution in [0.3, 0.4) is 0 Å². The summed E-state index contributed by atoms with van der Waals surface area (Å²) in [4.78, 5) is 15.7. The lowest BCUT2D eigenvalue weighted by Crippen LogP contribution is -2.30. The van der Waals surface area contributed by atoms with Gasteiger partial charge in [-0.15, -0.1) is 11.3 Å². The van der Waals surface area contributed by atoms with Gasteiger partial charge >= 0.3 is 0 Å². The number of carbonyl (C=O) groups is 1. The lowest BCUT2D eigenvalue weighted by atomic mass is 10.2. The molecule has 1 aliphatic heterocycles. The fourth-order valence-electron chi connectivity index (χ4n) is 2.63. The van der Waals surface area contributed by atoms with Crippen molar-refractivity contribution in [1.29, 1.82) is 0 Å². The van der Waals surface area contributed by atoms with Crippen molar-refractivity contribution in [3.63, 3.8) is 0 Å². The molecule has 1 aliphatic rings. The number of amides is 1. The Labute approximate surface area is 116 Å². The predicted molar refractivity (Wildman–Crippen MR) is 74.9 cm³/mol. The first-order valence-corrected chi connectivity index (χ1v) is 7.53. The van der Waals surface area contributed by atoms with Crippen molar-refractivity contribution in [2.24, 2.45) is 0 Å². The number of rotatable bonds is 4. The van der Waals surface area contributed by atoms with Gasteiger partial charge in [0.25, 0.3) is 0 Å². The molecule has 0 bridgehead atoms. The van der Waals surface area contributed by atoms with Crippen molar-refractivity contribution in [3.8, 4) is 0 Å². The highest BCUT2D eigenvalue weighted by Gasteiger charge is 2.30. The molecular formula is C14H17N3OS. The molecule has 0 aromatic carbocycles. The fourth-order valence-corrected chi connectivity index (χ4v) is 3.50. The quantitative estimate of drug-likeness (QED) is 0.860. The summed E-state index contributed by atoms with van der Waals surface area (Å²) in [5, 5.41) is 6.22. The summed E-state index contributed by atoms with van der Waals surface area (Å²) >= 11 is 1.75. The highest BCUT2D eigenvalue weighted by Crippen LogP contribution is 2.34. The van der Waals surface area contributed by atoms with E-state index in [0.717, 1.165) is 19.4 Å². The third-order valence-corrected chi connectivity index (χ3v) is 4.53. The molecule has 1 amide bonds. The molecule has 100 valence electrons. The number of hydrogen-bond acceptors (Lipinski definition) is 3. The molecule has 4 nitrogen and oxygen atoms in total. The zero-order valence-electron chi connectivity index (χ0n) is 10.7. The maximum Gasteiger partial charge on any atom is 0.224 e. The Bertz CT molecular complexity index is 521. The van der Waals surface area contributed by atoms with Crippen LogP contribution in [-0.4, -0.2) is 27.1 Å². The van der Waals surface area contributed by atoms with Crippen LogP contribution in [0, 0.1) is 0 Å². The second-order valence-corrected chi connectivity index (χ2v) is 5.76. The van der Waals surface area contributed by atoms with E-state index in [9.17, 15) is 4.79 Å². The number of hydrogen-bond donors (Lipinski definition) is 0. The van der Waals surface area contributed by atoms with E-state index in [1.807, 2.05) is 21.8 Å². The topological polar surface area (TPSA) is 38.1 Å². The van der Waals surface area contributed by atoms with Gasteiger partial charge in [0.1, 0.15) is 0 Å². The van der Waals surface area contributed by atoms with Crippen LogP contribution in [0.25, 0.3) is 0 Å². The van der Waals surface area contributed by atoms with Gasteiger partial charge in [-0.3, -0.25) is 9.48 Å². The molecule has 2 aromatic rings. The zero-order chi connectivity index (χ0) is 13.1. The van der Waals surface area contributed by atoms with Gasteiger partial charge in [-0.05, 0) is 30.4 Å². The molecule has 0 saturated carbocycles. The lowest BCUT2D eigenvalue weighted by molar-refractivity contribution is -0.132. The van der Waals surface area contributed by atoms with E-state index >= 15 is 0 Å². The van der Waals surface area contributed by atoms with Gasteiger partial charge < -0.3 is 4.90 Å². The SMILES string of the molecule is O=C(CCn1cccn1)N1CCCC1c1cccs1. The molecule has 1 unspecified atom stereocenters. The second kappa shape index (κ2) is 5.57. The molecule has 3 rings (SSSR count). The monoisotopic (exact) mass is 275 g/mol. The van der Waals surface area contributed by atoms with Crippen molar-refractivity contribution in [2.75, 3.05) is 6.54 Å². The molecule has 0 aliphatic carbocycles. The highest BCUT2D eigenvalue weighted by molar-refractivity contribution is 7.10. The predicted octanol–water partition coefficient (Wildman–Crippen LogP) is 2.70. The van der Waals surface area contributed by atoms with Gasteiger partial charge in [-0.25, -0.2) is 0 Å². The average Bonchev–Trinajstić information content (AvgIpc) is 3.14. The van der Waals surface area contributed by atoms with E-state index in [1.54, 1.807) is 17.5 Å². The van der Waals surface area contributed by atoms with Crippen LogP contribution >= 0.6 is 11.3 Å². The van der Waals surface area contributed by atoms with Gasteiger partial charge in [0.2, 0.25) is 5.91 Å². The first-order valence-electron chi connectivity index (χ1n) is 6.65. The molecule has 0 N–H and O–H groups in total.